The van der Waals surface area contributed by atoms with Gasteiger partial charge in [0.1, 0.15) is 5.75 Å². The average molecular weight is 406 g/mol. The number of aromatic nitrogens is 3. The number of hydrogen-bond donors (Lipinski definition) is 1. The van der Waals surface area contributed by atoms with E-state index in [4.69, 9.17) is 14.9 Å². The molecular formula is C21H18N4O3S. The van der Waals surface area contributed by atoms with Gasteiger partial charge in [-0.05, 0) is 54.1 Å². The highest BCUT2D eigenvalue weighted by molar-refractivity contribution is 7.98. The van der Waals surface area contributed by atoms with Crippen LogP contribution < -0.4 is 10.5 Å². The fraction of sp³-hybridized carbons (Fsp3) is 0.0952. The minimum Gasteiger partial charge on any atom is -0.497 e. The molecule has 0 aliphatic carbocycles. The third-order valence-corrected chi connectivity index (χ3v) is 5.31. The molecule has 2 aromatic carbocycles. The Labute approximate surface area is 171 Å². The third-order valence-electron chi connectivity index (χ3n) is 4.31. The monoisotopic (exact) mass is 406 g/mol. The van der Waals surface area contributed by atoms with Crippen molar-refractivity contribution in [2.45, 2.75) is 10.9 Å². The minimum absolute atomic E-state index is 0.438. The summed E-state index contributed by atoms with van der Waals surface area (Å²) in [6, 6.07) is 18.5. The summed E-state index contributed by atoms with van der Waals surface area (Å²) in [6.07, 6.45) is 1.61. The van der Waals surface area contributed by atoms with Crippen LogP contribution in [0.15, 0.2) is 76.5 Å². The molecule has 2 N–H and O–H groups in total. The van der Waals surface area contributed by atoms with Crippen LogP contribution in [0, 0.1) is 0 Å². The van der Waals surface area contributed by atoms with Crippen molar-refractivity contribution in [3.8, 4) is 23.0 Å². The van der Waals surface area contributed by atoms with Gasteiger partial charge in [-0.15, -0.1) is 10.2 Å². The number of amides is 1. The van der Waals surface area contributed by atoms with Crippen LogP contribution in [0.2, 0.25) is 0 Å². The largest absolute Gasteiger partial charge is 0.497 e. The Bertz CT molecular complexity index is 1100. The smallest absolute Gasteiger partial charge is 0.248 e. The van der Waals surface area contributed by atoms with Crippen LogP contribution in [-0.2, 0) is 5.75 Å². The van der Waals surface area contributed by atoms with Gasteiger partial charge in [-0.1, -0.05) is 23.9 Å². The van der Waals surface area contributed by atoms with E-state index in [1.54, 1.807) is 25.5 Å². The summed E-state index contributed by atoms with van der Waals surface area (Å²) < 4.78 is 12.7. The normalized spacial score (nSPS) is 10.8. The molecule has 7 nitrogen and oxygen atoms in total. The summed E-state index contributed by atoms with van der Waals surface area (Å²) in [6.45, 7) is 0. The summed E-state index contributed by atoms with van der Waals surface area (Å²) in [4.78, 5) is 11.2. The van der Waals surface area contributed by atoms with Gasteiger partial charge in [0.15, 0.2) is 10.9 Å². The Morgan fingerprint density at radius 2 is 1.86 bits per heavy atom. The second-order valence-electron chi connectivity index (χ2n) is 6.17. The van der Waals surface area contributed by atoms with Crippen molar-refractivity contribution in [3.63, 3.8) is 0 Å². The molecule has 2 aromatic heterocycles. The highest BCUT2D eigenvalue weighted by Crippen LogP contribution is 2.30. The first-order valence-electron chi connectivity index (χ1n) is 8.81. The van der Waals surface area contributed by atoms with Gasteiger partial charge < -0.3 is 14.9 Å². The van der Waals surface area contributed by atoms with E-state index >= 15 is 0 Å². The number of carbonyl (C=O) groups excluding carboxylic acids is 1. The number of benzene rings is 2. The molecular weight excluding hydrogens is 388 g/mol. The van der Waals surface area contributed by atoms with Gasteiger partial charge in [-0.2, -0.15) is 0 Å². The molecule has 0 aliphatic heterocycles. The van der Waals surface area contributed by atoms with E-state index in [1.165, 1.54) is 11.8 Å². The maximum absolute atomic E-state index is 11.2. The lowest BCUT2D eigenvalue weighted by Crippen LogP contribution is -2.10. The van der Waals surface area contributed by atoms with E-state index in [0.29, 0.717) is 22.9 Å². The number of furan rings is 1. The van der Waals surface area contributed by atoms with Crippen LogP contribution in [0.5, 0.6) is 5.75 Å². The van der Waals surface area contributed by atoms with Gasteiger partial charge in [0, 0.05) is 11.3 Å². The predicted octanol–water partition coefficient (Wildman–Crippen LogP) is 3.93. The number of nitrogens with two attached hydrogens (primary N) is 1. The highest BCUT2D eigenvalue weighted by atomic mass is 32.2. The summed E-state index contributed by atoms with van der Waals surface area (Å²) in [7, 11) is 1.63. The second kappa shape index (κ2) is 8.24. The van der Waals surface area contributed by atoms with Crippen LogP contribution in [0.4, 0.5) is 0 Å². The number of methoxy groups -OCH3 is 1. The molecule has 0 aliphatic rings. The lowest BCUT2D eigenvalue weighted by atomic mass is 10.1. The second-order valence-corrected chi connectivity index (χ2v) is 7.11. The molecule has 0 unspecified atom stereocenters. The van der Waals surface area contributed by atoms with Gasteiger partial charge >= 0.3 is 0 Å². The molecule has 0 saturated carbocycles. The highest BCUT2D eigenvalue weighted by Gasteiger charge is 2.18. The van der Waals surface area contributed by atoms with Gasteiger partial charge in [0.25, 0.3) is 0 Å². The zero-order chi connectivity index (χ0) is 20.2. The lowest BCUT2D eigenvalue weighted by molar-refractivity contribution is 0.100. The van der Waals surface area contributed by atoms with Crippen molar-refractivity contribution in [2.75, 3.05) is 7.11 Å². The average Bonchev–Trinajstić information content (AvgIpc) is 3.42. The van der Waals surface area contributed by atoms with E-state index in [-0.39, 0.29) is 0 Å². The summed E-state index contributed by atoms with van der Waals surface area (Å²) >= 11 is 1.54. The predicted molar refractivity (Wildman–Crippen MR) is 110 cm³/mol. The number of rotatable bonds is 7. The molecule has 2 heterocycles. The van der Waals surface area contributed by atoms with Crippen molar-refractivity contribution >= 4 is 17.7 Å². The number of nitrogens with zero attached hydrogens (tertiary/aromatic N) is 3. The molecule has 0 bridgehead atoms. The first-order chi connectivity index (χ1) is 14.2. The minimum atomic E-state index is -0.438. The molecule has 4 aromatic rings. The third kappa shape index (κ3) is 4.02. The maximum Gasteiger partial charge on any atom is 0.248 e. The van der Waals surface area contributed by atoms with Gasteiger partial charge in [0.05, 0.1) is 19.1 Å². The first-order valence-corrected chi connectivity index (χ1v) is 9.79. The Balaban J connectivity index is 1.64. The van der Waals surface area contributed by atoms with Crippen LogP contribution in [0.1, 0.15) is 15.9 Å². The van der Waals surface area contributed by atoms with E-state index in [2.05, 4.69) is 10.2 Å². The Morgan fingerprint density at radius 1 is 1.10 bits per heavy atom. The van der Waals surface area contributed by atoms with Crippen molar-refractivity contribution < 1.29 is 13.9 Å². The maximum atomic E-state index is 11.2. The molecule has 1 amide bonds. The van der Waals surface area contributed by atoms with E-state index in [1.807, 2.05) is 53.1 Å². The van der Waals surface area contributed by atoms with Crippen molar-refractivity contribution in [3.05, 3.63) is 78.1 Å². The molecule has 0 fully saturated rings. The molecule has 0 radical (unpaired) electrons. The molecule has 146 valence electrons. The quantitative estimate of drug-likeness (QED) is 0.467. The number of thioether (sulfide) groups is 1. The Hall–Kier alpha value is -3.52. The van der Waals surface area contributed by atoms with Crippen LogP contribution >= 0.6 is 11.8 Å². The van der Waals surface area contributed by atoms with Crippen LogP contribution in [0.25, 0.3) is 17.3 Å². The van der Waals surface area contributed by atoms with Gasteiger partial charge in [-0.3, -0.25) is 9.36 Å². The summed E-state index contributed by atoms with van der Waals surface area (Å²) in [5, 5.41) is 9.42. The van der Waals surface area contributed by atoms with Crippen molar-refractivity contribution in [1.82, 2.24) is 14.8 Å². The number of carbonyl (C=O) groups is 1. The molecule has 8 heteroatoms. The van der Waals surface area contributed by atoms with Crippen LogP contribution in [-0.4, -0.2) is 27.8 Å². The van der Waals surface area contributed by atoms with Crippen LogP contribution in [0.3, 0.4) is 0 Å². The van der Waals surface area contributed by atoms with Crippen molar-refractivity contribution in [1.29, 1.82) is 0 Å². The Kier molecular flexibility index (Phi) is 5.35. The van der Waals surface area contributed by atoms with Crippen molar-refractivity contribution in [2.24, 2.45) is 5.73 Å². The topological polar surface area (TPSA) is 96.2 Å². The summed E-state index contributed by atoms with van der Waals surface area (Å²) in [5.74, 6) is 2.24. The number of hydrogen-bond acceptors (Lipinski definition) is 6. The van der Waals surface area contributed by atoms with Gasteiger partial charge in [0.2, 0.25) is 11.7 Å². The van der Waals surface area contributed by atoms with E-state index in [9.17, 15) is 4.79 Å². The fourth-order valence-corrected chi connectivity index (χ4v) is 3.71. The lowest BCUT2D eigenvalue weighted by Gasteiger charge is -2.10. The molecule has 4 rings (SSSR count). The standard InChI is InChI=1S/C21H18N4O3S/c1-27-17-10-8-16(9-11-17)25-20(18-3-2-12-28-18)23-24-21(25)29-13-14-4-6-15(7-5-14)19(22)26/h2-12H,13H2,1H3,(H2,22,26). The summed E-state index contributed by atoms with van der Waals surface area (Å²) in [5.41, 5.74) is 7.73. The number of ether oxygens (including phenoxy) is 1. The zero-order valence-corrected chi connectivity index (χ0v) is 16.4. The fourth-order valence-electron chi connectivity index (χ4n) is 2.81. The molecule has 0 atom stereocenters. The molecule has 0 spiro atoms. The molecule has 0 saturated heterocycles. The Morgan fingerprint density at radius 3 is 2.48 bits per heavy atom. The number of primary amides is 1. The zero-order valence-electron chi connectivity index (χ0n) is 15.6. The molecule has 29 heavy (non-hydrogen) atoms. The van der Waals surface area contributed by atoms with Gasteiger partial charge in [-0.25, -0.2) is 0 Å². The first kappa shape index (κ1) is 18.8. The van der Waals surface area contributed by atoms with E-state index < -0.39 is 5.91 Å². The van der Waals surface area contributed by atoms with E-state index in [0.717, 1.165) is 22.2 Å². The SMILES string of the molecule is COc1ccc(-n2c(SCc3ccc(C(N)=O)cc3)nnc2-c2ccco2)cc1.